The molecule has 1 aliphatic rings. The highest BCUT2D eigenvalue weighted by molar-refractivity contribution is 5.91. The Morgan fingerprint density at radius 3 is 2.33 bits per heavy atom. The Kier molecular flexibility index (Phi) is 3.68. The number of benzene rings is 1. The predicted molar refractivity (Wildman–Crippen MR) is 67.4 cm³/mol. The minimum Gasteiger partial charge on any atom is -0.497 e. The number of anilines is 1. The smallest absolute Gasteiger partial charge is 0.325 e. The molecule has 1 aliphatic heterocycles. The van der Waals surface area contributed by atoms with E-state index in [9.17, 15) is 4.79 Å². The largest absolute Gasteiger partial charge is 0.497 e. The van der Waals surface area contributed by atoms with E-state index in [1.165, 1.54) is 0 Å². The highest BCUT2D eigenvalue weighted by atomic mass is 16.5. The van der Waals surface area contributed by atoms with Gasteiger partial charge in [0.2, 0.25) is 0 Å². The molecule has 0 aliphatic carbocycles. The van der Waals surface area contributed by atoms with E-state index in [0.717, 1.165) is 24.5 Å². The molecule has 0 spiro atoms. The summed E-state index contributed by atoms with van der Waals surface area (Å²) in [5, 5.41) is 8.56. The van der Waals surface area contributed by atoms with Gasteiger partial charge in [0, 0.05) is 31.9 Å². The quantitative estimate of drug-likeness (QED) is 0.725. The Bertz CT molecular complexity index is 456. The minimum atomic E-state index is -0.440. The van der Waals surface area contributed by atoms with Gasteiger partial charge in [0.25, 0.3) is 0 Å². The molecular weight excluding hydrogens is 230 g/mol. The van der Waals surface area contributed by atoms with Crippen molar-refractivity contribution in [1.82, 2.24) is 4.90 Å². The standard InChI is InChI=1S/C13H15N3O2/c1-18-12-4-2-11(3-5-12)15-6-8-16(9-7-15)13(17)10-14/h2-5H,6-9H2,1H3. The van der Waals surface area contributed by atoms with Crippen molar-refractivity contribution in [3.8, 4) is 11.8 Å². The van der Waals surface area contributed by atoms with Crippen LogP contribution < -0.4 is 9.64 Å². The van der Waals surface area contributed by atoms with Gasteiger partial charge in [-0.25, -0.2) is 0 Å². The highest BCUT2D eigenvalue weighted by Crippen LogP contribution is 2.20. The van der Waals surface area contributed by atoms with Crippen LogP contribution in [-0.4, -0.2) is 44.1 Å². The van der Waals surface area contributed by atoms with Gasteiger partial charge in [-0.15, -0.1) is 0 Å². The van der Waals surface area contributed by atoms with E-state index >= 15 is 0 Å². The van der Waals surface area contributed by atoms with Crippen LogP contribution in [0.4, 0.5) is 5.69 Å². The molecule has 5 nitrogen and oxygen atoms in total. The Morgan fingerprint density at radius 1 is 1.22 bits per heavy atom. The zero-order valence-electron chi connectivity index (χ0n) is 10.3. The molecule has 0 atom stereocenters. The third-order valence-electron chi connectivity index (χ3n) is 3.10. The van der Waals surface area contributed by atoms with Gasteiger partial charge in [0.15, 0.2) is 6.07 Å². The van der Waals surface area contributed by atoms with Crippen molar-refractivity contribution in [3.63, 3.8) is 0 Å². The summed E-state index contributed by atoms with van der Waals surface area (Å²) in [5.41, 5.74) is 1.11. The summed E-state index contributed by atoms with van der Waals surface area (Å²) in [4.78, 5) is 15.0. The molecule has 2 rings (SSSR count). The van der Waals surface area contributed by atoms with Crippen LogP contribution in [0, 0.1) is 11.3 Å². The summed E-state index contributed by atoms with van der Waals surface area (Å²) in [7, 11) is 1.64. The molecule has 1 aromatic carbocycles. The maximum atomic E-state index is 11.2. The molecule has 0 unspecified atom stereocenters. The number of carbonyl (C=O) groups excluding carboxylic acids is 1. The lowest BCUT2D eigenvalue weighted by Crippen LogP contribution is -2.48. The number of methoxy groups -OCH3 is 1. The lowest BCUT2D eigenvalue weighted by Gasteiger charge is -2.34. The Balaban J connectivity index is 1.97. The average molecular weight is 245 g/mol. The molecule has 1 amide bonds. The number of carbonyl (C=O) groups is 1. The second-order valence-electron chi connectivity index (χ2n) is 4.09. The first-order chi connectivity index (χ1) is 8.74. The average Bonchev–Trinajstić information content (AvgIpc) is 2.47. The number of nitrogens with zero attached hydrogens (tertiary/aromatic N) is 3. The van der Waals surface area contributed by atoms with E-state index < -0.39 is 5.91 Å². The molecule has 1 saturated heterocycles. The van der Waals surface area contributed by atoms with Crippen LogP contribution in [0.3, 0.4) is 0 Å². The van der Waals surface area contributed by atoms with Crippen molar-refractivity contribution in [2.75, 3.05) is 38.2 Å². The van der Waals surface area contributed by atoms with Crippen LogP contribution in [0.5, 0.6) is 5.75 Å². The zero-order valence-corrected chi connectivity index (χ0v) is 10.3. The van der Waals surface area contributed by atoms with Crippen LogP contribution >= 0.6 is 0 Å². The van der Waals surface area contributed by atoms with Crippen LogP contribution in [-0.2, 0) is 4.79 Å². The van der Waals surface area contributed by atoms with Gasteiger partial charge in [-0.05, 0) is 24.3 Å². The fourth-order valence-corrected chi connectivity index (χ4v) is 2.03. The molecule has 1 heterocycles. The first-order valence-electron chi connectivity index (χ1n) is 5.82. The van der Waals surface area contributed by atoms with E-state index in [1.54, 1.807) is 18.1 Å². The van der Waals surface area contributed by atoms with Gasteiger partial charge in [0.05, 0.1) is 7.11 Å². The van der Waals surface area contributed by atoms with Gasteiger partial charge in [0.1, 0.15) is 5.75 Å². The van der Waals surface area contributed by atoms with Crippen LogP contribution in [0.1, 0.15) is 0 Å². The number of piperazine rings is 1. The Morgan fingerprint density at radius 2 is 1.83 bits per heavy atom. The molecule has 1 fully saturated rings. The molecule has 0 aromatic heterocycles. The zero-order chi connectivity index (χ0) is 13.0. The number of hydrogen-bond acceptors (Lipinski definition) is 4. The van der Waals surface area contributed by atoms with Gasteiger partial charge >= 0.3 is 5.91 Å². The molecular formula is C13H15N3O2. The van der Waals surface area contributed by atoms with Crippen LogP contribution in [0.2, 0.25) is 0 Å². The summed E-state index contributed by atoms with van der Waals surface area (Å²) in [6.07, 6.45) is 0. The number of hydrogen-bond donors (Lipinski definition) is 0. The van der Waals surface area contributed by atoms with Crippen LogP contribution in [0.25, 0.3) is 0 Å². The minimum absolute atomic E-state index is 0.440. The number of ether oxygens (including phenoxy) is 1. The molecule has 18 heavy (non-hydrogen) atoms. The van der Waals surface area contributed by atoms with E-state index in [1.807, 2.05) is 24.3 Å². The second-order valence-corrected chi connectivity index (χ2v) is 4.09. The Hall–Kier alpha value is -2.22. The van der Waals surface area contributed by atoms with Crippen molar-refractivity contribution < 1.29 is 9.53 Å². The van der Waals surface area contributed by atoms with Gasteiger partial charge in [-0.2, -0.15) is 5.26 Å². The lowest BCUT2D eigenvalue weighted by atomic mass is 10.2. The van der Waals surface area contributed by atoms with Crippen molar-refractivity contribution in [2.24, 2.45) is 0 Å². The molecule has 5 heteroatoms. The summed E-state index contributed by atoms with van der Waals surface area (Å²) in [6.45, 7) is 2.69. The number of rotatable bonds is 2. The Labute approximate surface area is 106 Å². The summed E-state index contributed by atoms with van der Waals surface area (Å²) >= 11 is 0. The molecule has 94 valence electrons. The van der Waals surface area contributed by atoms with Crippen molar-refractivity contribution >= 4 is 11.6 Å². The summed E-state index contributed by atoms with van der Waals surface area (Å²) in [6, 6.07) is 9.50. The van der Waals surface area contributed by atoms with Crippen molar-refractivity contribution in [1.29, 1.82) is 5.26 Å². The van der Waals surface area contributed by atoms with E-state index in [-0.39, 0.29) is 0 Å². The normalized spacial score (nSPS) is 15.1. The predicted octanol–water partition coefficient (Wildman–Crippen LogP) is 0.867. The SMILES string of the molecule is COc1ccc(N2CCN(C(=O)C#N)CC2)cc1. The maximum Gasteiger partial charge on any atom is 0.325 e. The first kappa shape index (κ1) is 12.2. The van der Waals surface area contributed by atoms with Gasteiger partial charge in [-0.3, -0.25) is 4.79 Å². The molecule has 0 radical (unpaired) electrons. The molecule has 0 N–H and O–H groups in total. The monoisotopic (exact) mass is 245 g/mol. The second kappa shape index (κ2) is 5.41. The fraction of sp³-hybridized carbons (Fsp3) is 0.385. The number of amides is 1. The van der Waals surface area contributed by atoms with Gasteiger partial charge in [-0.1, -0.05) is 0 Å². The van der Waals surface area contributed by atoms with E-state index in [2.05, 4.69) is 4.90 Å². The lowest BCUT2D eigenvalue weighted by molar-refractivity contribution is -0.125. The third kappa shape index (κ3) is 2.54. The first-order valence-corrected chi connectivity index (χ1v) is 5.82. The van der Waals surface area contributed by atoms with E-state index in [4.69, 9.17) is 10.00 Å². The fourth-order valence-electron chi connectivity index (χ4n) is 2.03. The van der Waals surface area contributed by atoms with Gasteiger partial charge < -0.3 is 14.5 Å². The van der Waals surface area contributed by atoms with Crippen LogP contribution in [0.15, 0.2) is 24.3 Å². The van der Waals surface area contributed by atoms with Crippen molar-refractivity contribution in [3.05, 3.63) is 24.3 Å². The number of nitriles is 1. The summed E-state index contributed by atoms with van der Waals surface area (Å²) in [5.74, 6) is 0.390. The molecule has 0 bridgehead atoms. The maximum absolute atomic E-state index is 11.2. The molecule has 0 saturated carbocycles. The molecule has 1 aromatic rings. The topological polar surface area (TPSA) is 56.6 Å². The highest BCUT2D eigenvalue weighted by Gasteiger charge is 2.20. The van der Waals surface area contributed by atoms with Crippen molar-refractivity contribution in [2.45, 2.75) is 0 Å². The third-order valence-corrected chi connectivity index (χ3v) is 3.10. The summed E-state index contributed by atoms with van der Waals surface area (Å²) < 4.78 is 5.11. The van der Waals surface area contributed by atoms with E-state index in [0.29, 0.717) is 13.1 Å².